The Bertz CT molecular complexity index is 868. The van der Waals surface area contributed by atoms with Crippen LogP contribution in [0.4, 0.5) is 0 Å². The van der Waals surface area contributed by atoms with Crippen molar-refractivity contribution in [3.05, 3.63) is 45.7 Å². The number of nitrogens with zero attached hydrogens (tertiary/aromatic N) is 5. The Hall–Kier alpha value is -1.80. The maximum Gasteiger partial charge on any atom is 0.235 e. The monoisotopic (exact) mass is 361 g/mol. The first-order valence-electron chi connectivity index (χ1n) is 7.73. The van der Waals surface area contributed by atoms with E-state index < -0.39 is 0 Å². The summed E-state index contributed by atoms with van der Waals surface area (Å²) in [5.74, 6) is 0.866. The molecule has 1 saturated heterocycles. The van der Waals surface area contributed by atoms with Crippen LogP contribution < -0.4 is 0 Å². The van der Waals surface area contributed by atoms with Crippen molar-refractivity contribution in [3.8, 4) is 0 Å². The molecule has 2 aromatic heterocycles. The molecule has 124 valence electrons. The zero-order valence-electron chi connectivity index (χ0n) is 12.9. The van der Waals surface area contributed by atoms with E-state index in [0.717, 1.165) is 59.2 Å². The van der Waals surface area contributed by atoms with E-state index in [9.17, 15) is 0 Å². The standard InChI is InChI=1S/C16H16ClN5OS/c17-13-3-1-2-12(10-13)4-5-15-20-22-14(18-19-16(22)24-15)11-21-6-8-23-9-7-21/h1-5,10H,6-9,11H2/b5-4-. The van der Waals surface area contributed by atoms with E-state index in [-0.39, 0.29) is 0 Å². The van der Waals surface area contributed by atoms with Crippen LogP contribution >= 0.6 is 22.9 Å². The molecule has 1 aromatic carbocycles. The average Bonchev–Trinajstić information content (AvgIpc) is 3.16. The van der Waals surface area contributed by atoms with Gasteiger partial charge < -0.3 is 4.74 Å². The SMILES string of the molecule is Clc1cccc(/C=C\c2nn3c(CN4CCOCC4)nnc3s2)c1. The van der Waals surface area contributed by atoms with Crippen molar-refractivity contribution in [3.63, 3.8) is 0 Å². The number of hydrogen-bond acceptors (Lipinski definition) is 6. The van der Waals surface area contributed by atoms with Crippen molar-refractivity contribution in [1.29, 1.82) is 0 Å². The van der Waals surface area contributed by atoms with E-state index in [1.54, 1.807) is 0 Å². The van der Waals surface area contributed by atoms with Gasteiger partial charge in [0.15, 0.2) is 5.82 Å². The van der Waals surface area contributed by atoms with Crippen LogP contribution in [0, 0.1) is 0 Å². The number of morpholine rings is 1. The molecule has 0 unspecified atom stereocenters. The Morgan fingerprint density at radius 2 is 2.08 bits per heavy atom. The number of benzene rings is 1. The minimum atomic E-state index is 0.725. The lowest BCUT2D eigenvalue weighted by Crippen LogP contribution is -2.36. The molecule has 0 aliphatic carbocycles. The van der Waals surface area contributed by atoms with E-state index in [2.05, 4.69) is 20.2 Å². The predicted molar refractivity (Wildman–Crippen MR) is 95.1 cm³/mol. The molecule has 0 saturated carbocycles. The van der Waals surface area contributed by atoms with E-state index in [1.165, 1.54) is 11.3 Å². The maximum atomic E-state index is 6.00. The third kappa shape index (κ3) is 3.49. The Kier molecular flexibility index (Phi) is 4.57. The molecule has 8 heteroatoms. The summed E-state index contributed by atoms with van der Waals surface area (Å²) >= 11 is 7.52. The molecule has 0 spiro atoms. The second-order valence-electron chi connectivity index (χ2n) is 5.53. The van der Waals surface area contributed by atoms with Crippen molar-refractivity contribution in [2.24, 2.45) is 0 Å². The summed E-state index contributed by atoms with van der Waals surface area (Å²) in [5, 5.41) is 14.7. The largest absolute Gasteiger partial charge is 0.379 e. The molecule has 1 aliphatic rings. The average molecular weight is 362 g/mol. The molecule has 1 aliphatic heterocycles. The Balaban J connectivity index is 1.53. The van der Waals surface area contributed by atoms with Gasteiger partial charge in [0.05, 0.1) is 19.8 Å². The molecule has 3 heterocycles. The number of rotatable bonds is 4. The third-order valence-electron chi connectivity index (χ3n) is 3.81. The normalized spacial score (nSPS) is 16.4. The number of aromatic nitrogens is 4. The highest BCUT2D eigenvalue weighted by atomic mass is 35.5. The molecule has 3 aromatic rings. The summed E-state index contributed by atoms with van der Waals surface area (Å²) in [6.07, 6.45) is 3.97. The Labute approximate surface area is 148 Å². The van der Waals surface area contributed by atoms with Crippen LogP contribution in [-0.2, 0) is 11.3 Å². The van der Waals surface area contributed by atoms with Crippen molar-refractivity contribution in [1.82, 2.24) is 24.7 Å². The Morgan fingerprint density at radius 3 is 2.92 bits per heavy atom. The fourth-order valence-corrected chi connectivity index (χ4v) is 3.53. The van der Waals surface area contributed by atoms with Gasteiger partial charge in [-0.1, -0.05) is 41.1 Å². The van der Waals surface area contributed by atoms with Crippen LogP contribution in [-0.4, -0.2) is 51.0 Å². The second kappa shape index (κ2) is 6.98. The van der Waals surface area contributed by atoms with Crippen LogP contribution in [0.1, 0.15) is 16.4 Å². The maximum absolute atomic E-state index is 6.00. The van der Waals surface area contributed by atoms with E-state index in [1.807, 2.05) is 40.9 Å². The lowest BCUT2D eigenvalue weighted by Gasteiger charge is -2.25. The van der Waals surface area contributed by atoms with Crippen molar-refractivity contribution >= 4 is 40.1 Å². The van der Waals surface area contributed by atoms with Gasteiger partial charge in [0.1, 0.15) is 5.01 Å². The van der Waals surface area contributed by atoms with Crippen molar-refractivity contribution < 1.29 is 4.74 Å². The molecule has 0 bridgehead atoms. The molecule has 0 N–H and O–H groups in total. The summed E-state index contributed by atoms with van der Waals surface area (Å²) in [4.78, 5) is 3.12. The minimum absolute atomic E-state index is 0.725. The van der Waals surface area contributed by atoms with Crippen molar-refractivity contribution in [2.45, 2.75) is 6.54 Å². The second-order valence-corrected chi connectivity index (χ2v) is 6.95. The first-order valence-corrected chi connectivity index (χ1v) is 8.92. The highest BCUT2D eigenvalue weighted by Crippen LogP contribution is 2.19. The van der Waals surface area contributed by atoms with Gasteiger partial charge in [0.25, 0.3) is 0 Å². The molecular formula is C16H16ClN5OS. The molecule has 6 nitrogen and oxygen atoms in total. The van der Waals surface area contributed by atoms with E-state index >= 15 is 0 Å². The first kappa shape index (κ1) is 15.7. The van der Waals surface area contributed by atoms with Gasteiger partial charge in [-0.3, -0.25) is 4.90 Å². The third-order valence-corrected chi connectivity index (χ3v) is 4.91. The smallest absolute Gasteiger partial charge is 0.235 e. The fraction of sp³-hybridized carbons (Fsp3) is 0.312. The van der Waals surface area contributed by atoms with Gasteiger partial charge >= 0.3 is 0 Å². The summed E-state index contributed by atoms with van der Waals surface area (Å²) in [6, 6.07) is 7.72. The molecule has 0 atom stereocenters. The fourth-order valence-electron chi connectivity index (χ4n) is 2.58. The van der Waals surface area contributed by atoms with Gasteiger partial charge in [-0.25, -0.2) is 0 Å². The summed E-state index contributed by atoms with van der Waals surface area (Å²) in [6.45, 7) is 4.12. The number of halogens is 1. The van der Waals surface area contributed by atoms with Gasteiger partial charge in [0, 0.05) is 18.1 Å². The highest BCUT2D eigenvalue weighted by molar-refractivity contribution is 7.17. The molecule has 1 fully saturated rings. The minimum Gasteiger partial charge on any atom is -0.379 e. The first-order chi connectivity index (χ1) is 11.8. The summed E-state index contributed by atoms with van der Waals surface area (Å²) < 4.78 is 7.21. The number of fused-ring (bicyclic) bond motifs is 1. The summed E-state index contributed by atoms with van der Waals surface area (Å²) in [7, 11) is 0. The molecule has 4 rings (SSSR count). The van der Waals surface area contributed by atoms with Gasteiger partial charge in [-0.05, 0) is 23.8 Å². The van der Waals surface area contributed by atoms with E-state index in [4.69, 9.17) is 16.3 Å². The lowest BCUT2D eigenvalue weighted by molar-refractivity contribution is 0.0328. The lowest BCUT2D eigenvalue weighted by atomic mass is 10.2. The topological polar surface area (TPSA) is 55.5 Å². The zero-order chi connectivity index (χ0) is 16.4. The highest BCUT2D eigenvalue weighted by Gasteiger charge is 2.16. The predicted octanol–water partition coefficient (Wildman–Crippen LogP) is 2.84. The summed E-state index contributed by atoms with van der Waals surface area (Å²) in [5.41, 5.74) is 1.04. The quantitative estimate of drug-likeness (QED) is 0.715. The molecular weight excluding hydrogens is 346 g/mol. The molecule has 0 amide bonds. The molecule has 0 radical (unpaired) electrons. The van der Waals surface area contributed by atoms with Gasteiger partial charge in [0.2, 0.25) is 4.96 Å². The van der Waals surface area contributed by atoms with Crippen LogP contribution in [0.2, 0.25) is 5.02 Å². The number of hydrogen-bond donors (Lipinski definition) is 0. The van der Waals surface area contributed by atoms with Crippen molar-refractivity contribution in [2.75, 3.05) is 26.3 Å². The zero-order valence-corrected chi connectivity index (χ0v) is 14.5. The number of ether oxygens (including phenoxy) is 1. The van der Waals surface area contributed by atoms with E-state index in [0.29, 0.717) is 0 Å². The molecule has 24 heavy (non-hydrogen) atoms. The van der Waals surface area contributed by atoms with Gasteiger partial charge in [-0.2, -0.15) is 9.61 Å². The van der Waals surface area contributed by atoms with Gasteiger partial charge in [-0.15, -0.1) is 10.2 Å². The van der Waals surface area contributed by atoms with Crippen LogP contribution in [0.15, 0.2) is 24.3 Å². The van der Waals surface area contributed by atoms with Crippen LogP contribution in [0.25, 0.3) is 17.1 Å². The van der Waals surface area contributed by atoms with Crippen LogP contribution in [0.5, 0.6) is 0 Å². The van der Waals surface area contributed by atoms with Crippen LogP contribution in [0.3, 0.4) is 0 Å². The Morgan fingerprint density at radius 1 is 1.21 bits per heavy atom.